The van der Waals surface area contributed by atoms with Crippen molar-refractivity contribution in [1.82, 2.24) is 0 Å². The highest BCUT2D eigenvalue weighted by molar-refractivity contribution is 14.1. The number of ether oxygens (including phenoxy) is 2. The minimum absolute atomic E-state index is 0.235. The highest BCUT2D eigenvalue weighted by Gasteiger charge is 2.12. The molecule has 1 N–H and O–H groups in total. The van der Waals surface area contributed by atoms with Crippen molar-refractivity contribution in [3.63, 3.8) is 0 Å². The zero-order valence-electron chi connectivity index (χ0n) is 12.4. The van der Waals surface area contributed by atoms with E-state index in [0.29, 0.717) is 12.4 Å². The molecule has 0 atom stereocenters. The molecule has 0 aliphatic rings. The molecule has 0 heterocycles. The summed E-state index contributed by atoms with van der Waals surface area (Å²) >= 11 is 2.26. The smallest absolute Gasteiger partial charge is 0.335 e. The first-order valence-electron chi connectivity index (χ1n) is 6.78. The summed E-state index contributed by atoms with van der Waals surface area (Å²) in [6.07, 6.45) is 0. The fourth-order valence-corrected chi connectivity index (χ4v) is 2.41. The van der Waals surface area contributed by atoms with Crippen LogP contribution in [0.25, 0.3) is 11.1 Å². The molecule has 2 aromatic rings. The van der Waals surface area contributed by atoms with Crippen LogP contribution in [0.15, 0.2) is 36.4 Å². The fourth-order valence-electron chi connectivity index (χ4n) is 2.19. The molecule has 0 bridgehead atoms. The maximum atomic E-state index is 11.2. The zero-order valence-corrected chi connectivity index (χ0v) is 14.6. The monoisotopic (exact) mass is 412 g/mol. The number of hydrogen-bond donors (Lipinski definition) is 1. The normalized spacial score (nSPS) is 10.3. The Morgan fingerprint density at radius 2 is 1.91 bits per heavy atom. The molecule has 0 aliphatic heterocycles. The van der Waals surface area contributed by atoms with E-state index in [1.807, 2.05) is 25.1 Å². The molecule has 2 aromatic carbocycles. The van der Waals surface area contributed by atoms with Gasteiger partial charge in [0.05, 0.1) is 19.3 Å². The summed E-state index contributed by atoms with van der Waals surface area (Å²) < 4.78 is 11.9. The lowest BCUT2D eigenvalue weighted by Crippen LogP contribution is -2.00. The summed E-state index contributed by atoms with van der Waals surface area (Å²) in [7, 11) is 1.57. The number of aryl methyl sites for hydroxylation is 1. The second-order valence-electron chi connectivity index (χ2n) is 4.74. The average Bonchev–Trinajstić information content (AvgIpc) is 2.53. The van der Waals surface area contributed by atoms with Gasteiger partial charge in [0.25, 0.3) is 0 Å². The number of halogens is 1. The number of carboxylic acids is 1. The predicted molar refractivity (Wildman–Crippen MR) is 94.5 cm³/mol. The van der Waals surface area contributed by atoms with Crippen LogP contribution in [0.5, 0.6) is 11.5 Å². The Morgan fingerprint density at radius 1 is 1.18 bits per heavy atom. The Bertz CT molecular complexity index is 682. The van der Waals surface area contributed by atoms with E-state index in [1.165, 1.54) is 6.07 Å². The molecule has 0 aliphatic carbocycles. The number of carbonyl (C=O) groups is 1. The first-order valence-corrected chi connectivity index (χ1v) is 8.30. The van der Waals surface area contributed by atoms with Crippen LogP contribution >= 0.6 is 22.6 Å². The van der Waals surface area contributed by atoms with Crippen molar-refractivity contribution in [2.45, 2.75) is 6.92 Å². The van der Waals surface area contributed by atoms with Crippen LogP contribution in [0.4, 0.5) is 0 Å². The quantitative estimate of drug-likeness (QED) is 0.572. The van der Waals surface area contributed by atoms with E-state index in [4.69, 9.17) is 14.6 Å². The molecule has 0 aromatic heterocycles. The van der Waals surface area contributed by atoms with Crippen molar-refractivity contribution >= 4 is 28.6 Å². The molecule has 0 fully saturated rings. The number of carboxylic acid groups (broad SMARTS) is 1. The molecule has 2 rings (SSSR count). The maximum absolute atomic E-state index is 11.2. The third-order valence-corrected chi connectivity index (χ3v) is 3.71. The molecule has 22 heavy (non-hydrogen) atoms. The van der Waals surface area contributed by atoms with Gasteiger partial charge in [-0.15, -0.1) is 0 Å². The van der Waals surface area contributed by atoms with Crippen molar-refractivity contribution in [3.8, 4) is 22.6 Å². The van der Waals surface area contributed by atoms with Gasteiger partial charge in [0, 0.05) is 9.99 Å². The molecule has 116 valence electrons. The number of aromatic carboxylic acids is 1. The molecule has 4 nitrogen and oxygen atoms in total. The lowest BCUT2D eigenvalue weighted by molar-refractivity contribution is 0.0697. The molecule has 5 heteroatoms. The molecule has 0 saturated heterocycles. The number of rotatable bonds is 6. The minimum Gasteiger partial charge on any atom is -0.496 e. The van der Waals surface area contributed by atoms with E-state index >= 15 is 0 Å². The molecular formula is C17H17IO4. The van der Waals surface area contributed by atoms with Crippen LogP contribution in [0, 0.1) is 6.92 Å². The van der Waals surface area contributed by atoms with E-state index in [2.05, 4.69) is 22.6 Å². The van der Waals surface area contributed by atoms with E-state index in [9.17, 15) is 4.79 Å². The van der Waals surface area contributed by atoms with Gasteiger partial charge in [0.15, 0.2) is 0 Å². The highest BCUT2D eigenvalue weighted by atomic mass is 127. The lowest BCUT2D eigenvalue weighted by atomic mass is 10.00. The van der Waals surface area contributed by atoms with Gasteiger partial charge in [-0.2, -0.15) is 0 Å². The van der Waals surface area contributed by atoms with Crippen molar-refractivity contribution in [2.24, 2.45) is 0 Å². The minimum atomic E-state index is -0.956. The lowest BCUT2D eigenvalue weighted by Gasteiger charge is -2.13. The second-order valence-corrected chi connectivity index (χ2v) is 5.82. The topological polar surface area (TPSA) is 55.8 Å². The van der Waals surface area contributed by atoms with E-state index in [1.54, 1.807) is 19.2 Å². The predicted octanol–water partition coefficient (Wildman–Crippen LogP) is 4.18. The van der Waals surface area contributed by atoms with Crippen LogP contribution in [-0.4, -0.2) is 29.2 Å². The standard InChI is InChI=1S/C17H17IO4/c1-11-9-12(3-5-15(11)22-8-7-18)14-10-13(17(19)20)4-6-16(14)21-2/h3-6,9-10H,7-8H2,1-2H3,(H,19,20). The van der Waals surface area contributed by atoms with Crippen molar-refractivity contribution in [1.29, 1.82) is 0 Å². The van der Waals surface area contributed by atoms with Gasteiger partial charge >= 0.3 is 5.97 Å². The number of hydrogen-bond acceptors (Lipinski definition) is 3. The summed E-state index contributed by atoms with van der Waals surface area (Å²) in [6.45, 7) is 2.64. The molecule has 0 unspecified atom stereocenters. The van der Waals surface area contributed by atoms with Crippen molar-refractivity contribution < 1.29 is 19.4 Å². The summed E-state index contributed by atoms with van der Waals surface area (Å²) in [6, 6.07) is 10.6. The number of benzene rings is 2. The van der Waals surface area contributed by atoms with Gasteiger partial charge in [0.1, 0.15) is 11.5 Å². The van der Waals surface area contributed by atoms with Crippen LogP contribution < -0.4 is 9.47 Å². The van der Waals surface area contributed by atoms with Crippen LogP contribution in [0.2, 0.25) is 0 Å². The summed E-state index contributed by atoms with van der Waals surface area (Å²) in [5.41, 5.74) is 2.90. The van der Waals surface area contributed by atoms with E-state index in [0.717, 1.165) is 26.9 Å². The Kier molecular flexibility index (Phi) is 5.65. The first kappa shape index (κ1) is 16.6. The molecule has 0 radical (unpaired) electrons. The van der Waals surface area contributed by atoms with Gasteiger partial charge in [-0.1, -0.05) is 28.7 Å². The number of methoxy groups -OCH3 is 1. The number of alkyl halides is 1. The molecule has 0 amide bonds. The summed E-state index contributed by atoms with van der Waals surface area (Å²) in [4.78, 5) is 11.2. The van der Waals surface area contributed by atoms with Crippen LogP contribution in [0.1, 0.15) is 15.9 Å². The third kappa shape index (κ3) is 3.71. The Morgan fingerprint density at radius 3 is 2.50 bits per heavy atom. The van der Waals surface area contributed by atoms with Gasteiger partial charge in [-0.05, 0) is 48.4 Å². The molecule has 0 spiro atoms. The van der Waals surface area contributed by atoms with Crippen molar-refractivity contribution in [2.75, 3.05) is 18.1 Å². The van der Waals surface area contributed by atoms with E-state index in [-0.39, 0.29) is 5.56 Å². The highest BCUT2D eigenvalue weighted by Crippen LogP contribution is 2.33. The Hall–Kier alpha value is -1.76. The zero-order chi connectivity index (χ0) is 16.1. The maximum Gasteiger partial charge on any atom is 0.335 e. The van der Waals surface area contributed by atoms with Gasteiger partial charge in [-0.25, -0.2) is 4.79 Å². The average molecular weight is 412 g/mol. The van der Waals surface area contributed by atoms with Gasteiger partial charge < -0.3 is 14.6 Å². The van der Waals surface area contributed by atoms with E-state index < -0.39 is 5.97 Å². The van der Waals surface area contributed by atoms with Gasteiger partial charge in [0.2, 0.25) is 0 Å². The second kappa shape index (κ2) is 7.49. The molecular weight excluding hydrogens is 395 g/mol. The third-order valence-electron chi connectivity index (χ3n) is 3.27. The largest absolute Gasteiger partial charge is 0.496 e. The first-order chi connectivity index (χ1) is 10.6. The van der Waals surface area contributed by atoms with Crippen molar-refractivity contribution in [3.05, 3.63) is 47.5 Å². The Balaban J connectivity index is 2.44. The fraction of sp³-hybridized carbons (Fsp3) is 0.235. The van der Waals surface area contributed by atoms with Gasteiger partial charge in [-0.3, -0.25) is 0 Å². The SMILES string of the molecule is COc1ccc(C(=O)O)cc1-c1ccc(OCCI)c(C)c1. The summed E-state index contributed by atoms with van der Waals surface area (Å²) in [5.74, 6) is 0.529. The van der Waals surface area contributed by atoms with Crippen LogP contribution in [-0.2, 0) is 0 Å². The summed E-state index contributed by atoms with van der Waals surface area (Å²) in [5, 5.41) is 9.15. The van der Waals surface area contributed by atoms with Crippen LogP contribution in [0.3, 0.4) is 0 Å². The Labute approximate surface area is 143 Å². The molecule has 0 saturated carbocycles.